The Morgan fingerprint density at radius 3 is 2.83 bits per heavy atom. The Morgan fingerprint density at radius 1 is 1.19 bits per heavy atom. The Kier molecular flexibility index (Phi) is 6.05. The normalized spacial score (nSPS) is 27.4. The summed E-state index contributed by atoms with van der Waals surface area (Å²) in [5.41, 5.74) is 1.62. The van der Waals surface area contributed by atoms with E-state index in [4.69, 9.17) is 14.1 Å². The van der Waals surface area contributed by atoms with Crippen molar-refractivity contribution in [3.8, 4) is 23.0 Å². The van der Waals surface area contributed by atoms with Gasteiger partial charge in [0.1, 0.15) is 41.1 Å². The van der Waals surface area contributed by atoms with E-state index in [1.54, 1.807) is 12.5 Å². The number of hydrogen-bond donors (Lipinski definition) is 2. The first-order valence-electron chi connectivity index (χ1n) is 15.0. The van der Waals surface area contributed by atoms with E-state index in [0.29, 0.717) is 59.2 Å². The van der Waals surface area contributed by atoms with Crippen LogP contribution in [0.4, 0.5) is 14.6 Å². The summed E-state index contributed by atoms with van der Waals surface area (Å²) in [6, 6.07) is 3.81. The summed E-state index contributed by atoms with van der Waals surface area (Å²) in [6.07, 6.45) is 7.52. The Bertz CT molecular complexity index is 1680. The minimum atomic E-state index is -0.876. The van der Waals surface area contributed by atoms with Crippen molar-refractivity contribution in [3.05, 3.63) is 36.0 Å². The van der Waals surface area contributed by atoms with E-state index in [9.17, 15) is 9.50 Å². The first kappa shape index (κ1) is 26.1. The third-order valence-corrected chi connectivity index (χ3v) is 9.76. The maximum Gasteiger partial charge on any atom is 0.319 e. The molecule has 2 N–H and O–H groups in total. The summed E-state index contributed by atoms with van der Waals surface area (Å²) in [7, 11) is 0. The fraction of sp³-hybridized carbons (Fsp3) is 0.516. The molecule has 0 radical (unpaired) electrons. The molecule has 4 aliphatic rings. The zero-order valence-corrected chi connectivity index (χ0v) is 23.6. The van der Waals surface area contributed by atoms with Crippen molar-refractivity contribution in [1.29, 1.82) is 0 Å². The lowest BCUT2D eigenvalue weighted by molar-refractivity contribution is 0.107. The fourth-order valence-electron chi connectivity index (χ4n) is 7.80. The number of aromatic hydroxyl groups is 1. The Balaban J connectivity index is 1.25. The number of hydrogen-bond acceptors (Lipinski definition) is 9. The van der Waals surface area contributed by atoms with E-state index >= 15 is 4.39 Å². The molecule has 0 spiro atoms. The standard InChI is InChI=1S/C31H34F2N6O3/c1-2-17-15-41-24-9-21(40)8-22(25(17)24)27-26(33)28-23(11-34-27)29(38-13-19-4-5-20(14-38)35-19)37-30(36-28)42-16-31-6-3-7-39(31)12-18(32)10-31/h8-9,11,15,18-20,35,40H,2-7,10,12-14,16H2,1H3/t18-,19-,20+,31+/m1/s1. The van der Waals surface area contributed by atoms with E-state index in [2.05, 4.69) is 25.1 Å². The number of furan rings is 1. The second kappa shape index (κ2) is 9.74. The molecule has 4 aliphatic heterocycles. The molecule has 4 aromatic rings. The molecule has 4 fully saturated rings. The van der Waals surface area contributed by atoms with Crippen LogP contribution in [0.5, 0.6) is 11.8 Å². The lowest BCUT2D eigenvalue weighted by atomic mass is 9.95. The number of alkyl halides is 1. The quantitative estimate of drug-likeness (QED) is 0.337. The summed E-state index contributed by atoms with van der Waals surface area (Å²) in [4.78, 5) is 18.4. The van der Waals surface area contributed by atoms with Crippen LogP contribution in [-0.2, 0) is 6.42 Å². The van der Waals surface area contributed by atoms with Crippen molar-refractivity contribution in [2.24, 2.45) is 0 Å². The van der Waals surface area contributed by atoms with E-state index in [-0.39, 0.29) is 35.1 Å². The average molecular weight is 577 g/mol. The van der Waals surface area contributed by atoms with Crippen molar-refractivity contribution in [1.82, 2.24) is 25.2 Å². The van der Waals surface area contributed by atoms with Gasteiger partial charge >= 0.3 is 6.01 Å². The van der Waals surface area contributed by atoms with Crippen LogP contribution in [0.3, 0.4) is 0 Å². The molecule has 7 heterocycles. The van der Waals surface area contributed by atoms with Gasteiger partial charge in [-0.15, -0.1) is 0 Å². The zero-order chi connectivity index (χ0) is 28.6. The highest BCUT2D eigenvalue weighted by atomic mass is 19.1. The third kappa shape index (κ3) is 4.11. The predicted octanol–water partition coefficient (Wildman–Crippen LogP) is 4.74. The largest absolute Gasteiger partial charge is 0.508 e. The number of piperazine rings is 1. The minimum Gasteiger partial charge on any atom is -0.508 e. The summed E-state index contributed by atoms with van der Waals surface area (Å²) in [5.74, 6) is -0.0530. The van der Waals surface area contributed by atoms with Gasteiger partial charge in [0.25, 0.3) is 0 Å². The summed E-state index contributed by atoms with van der Waals surface area (Å²) in [6.45, 7) is 5.02. The second-order valence-electron chi connectivity index (χ2n) is 12.4. The lowest BCUT2D eigenvalue weighted by Gasteiger charge is -2.34. The van der Waals surface area contributed by atoms with E-state index < -0.39 is 12.0 Å². The molecular formula is C31H34F2N6O3. The van der Waals surface area contributed by atoms with Crippen LogP contribution in [0.15, 0.2) is 29.0 Å². The van der Waals surface area contributed by atoms with Crippen LogP contribution in [0.2, 0.25) is 0 Å². The van der Waals surface area contributed by atoms with Crippen molar-refractivity contribution in [2.45, 2.75) is 69.2 Å². The maximum atomic E-state index is 16.6. The van der Waals surface area contributed by atoms with Crippen LogP contribution in [-0.4, -0.2) is 81.5 Å². The number of rotatable bonds is 6. The molecule has 3 aromatic heterocycles. The number of halogens is 2. The Hall–Kier alpha value is -3.57. The molecule has 0 amide bonds. The number of nitrogens with zero attached hydrogens (tertiary/aromatic N) is 5. The lowest BCUT2D eigenvalue weighted by Crippen LogP contribution is -2.51. The van der Waals surface area contributed by atoms with Gasteiger partial charge in [-0.25, -0.2) is 8.78 Å². The molecule has 4 atom stereocenters. The van der Waals surface area contributed by atoms with Gasteiger partial charge in [0, 0.05) is 61.4 Å². The van der Waals surface area contributed by atoms with Gasteiger partial charge < -0.3 is 24.5 Å². The van der Waals surface area contributed by atoms with Gasteiger partial charge in [-0.3, -0.25) is 9.88 Å². The van der Waals surface area contributed by atoms with Crippen molar-refractivity contribution in [2.75, 3.05) is 37.7 Å². The van der Waals surface area contributed by atoms with Gasteiger partial charge in [-0.05, 0) is 50.3 Å². The highest BCUT2D eigenvalue weighted by Crippen LogP contribution is 2.42. The predicted molar refractivity (Wildman–Crippen MR) is 154 cm³/mol. The highest BCUT2D eigenvalue weighted by molar-refractivity contribution is 5.99. The summed E-state index contributed by atoms with van der Waals surface area (Å²) in [5, 5.41) is 15.3. The summed E-state index contributed by atoms with van der Waals surface area (Å²) >= 11 is 0. The maximum absolute atomic E-state index is 16.6. The van der Waals surface area contributed by atoms with Crippen LogP contribution in [0.1, 0.15) is 44.6 Å². The van der Waals surface area contributed by atoms with Crippen molar-refractivity contribution in [3.63, 3.8) is 0 Å². The van der Waals surface area contributed by atoms with Crippen LogP contribution in [0, 0.1) is 5.82 Å². The third-order valence-electron chi connectivity index (χ3n) is 9.76. The summed E-state index contributed by atoms with van der Waals surface area (Å²) < 4.78 is 43.0. The smallest absolute Gasteiger partial charge is 0.319 e. The first-order valence-corrected chi connectivity index (χ1v) is 15.0. The first-order chi connectivity index (χ1) is 20.4. The molecule has 220 valence electrons. The molecule has 2 bridgehead atoms. The molecule has 11 heteroatoms. The van der Waals surface area contributed by atoms with E-state index in [0.717, 1.165) is 50.9 Å². The van der Waals surface area contributed by atoms with Gasteiger partial charge in [0.05, 0.1) is 17.2 Å². The molecule has 0 saturated carbocycles. The molecule has 42 heavy (non-hydrogen) atoms. The van der Waals surface area contributed by atoms with Crippen LogP contribution in [0.25, 0.3) is 33.1 Å². The molecule has 0 aliphatic carbocycles. The molecular weight excluding hydrogens is 542 g/mol. The SMILES string of the molecule is CCc1coc2cc(O)cc(-c3ncc4c(N5C[C@H]6CC[C@@H](C5)N6)nc(OC[C@@]56CCCN5C[C@H](F)C6)nc4c3F)c12. The number of ether oxygens (including phenoxy) is 1. The number of fused-ring (bicyclic) bond motifs is 5. The number of phenolic OH excluding ortho intramolecular Hbond substituents is 1. The van der Waals surface area contributed by atoms with Crippen molar-refractivity contribution >= 4 is 27.7 Å². The molecule has 8 rings (SSSR count). The minimum absolute atomic E-state index is 0.0393. The van der Waals surface area contributed by atoms with Crippen LogP contribution >= 0.6 is 0 Å². The topological polar surface area (TPSA) is 99.8 Å². The Labute approximate surface area is 241 Å². The Morgan fingerprint density at radius 2 is 2.02 bits per heavy atom. The van der Waals surface area contributed by atoms with Gasteiger partial charge in [0.15, 0.2) is 5.82 Å². The number of aryl methyl sites for hydroxylation is 1. The number of nitrogens with one attached hydrogen (secondary N) is 1. The highest BCUT2D eigenvalue weighted by Gasteiger charge is 2.49. The molecule has 4 saturated heterocycles. The second-order valence-corrected chi connectivity index (χ2v) is 12.4. The number of benzene rings is 1. The molecule has 1 aromatic carbocycles. The fourth-order valence-corrected chi connectivity index (χ4v) is 7.80. The van der Waals surface area contributed by atoms with Gasteiger partial charge in [0.2, 0.25) is 0 Å². The zero-order valence-electron chi connectivity index (χ0n) is 23.6. The van der Waals surface area contributed by atoms with E-state index in [1.807, 2.05) is 6.92 Å². The monoisotopic (exact) mass is 576 g/mol. The molecule has 9 nitrogen and oxygen atoms in total. The number of pyridine rings is 1. The molecule has 0 unspecified atom stereocenters. The van der Waals surface area contributed by atoms with Crippen molar-refractivity contribution < 1.29 is 23.0 Å². The number of anilines is 1. The average Bonchev–Trinajstić information content (AvgIpc) is 3.73. The van der Waals surface area contributed by atoms with E-state index in [1.165, 1.54) is 12.1 Å². The number of aromatic nitrogens is 3. The van der Waals surface area contributed by atoms with Gasteiger partial charge in [-0.1, -0.05) is 6.92 Å². The van der Waals surface area contributed by atoms with Gasteiger partial charge in [-0.2, -0.15) is 9.97 Å². The van der Waals surface area contributed by atoms with Crippen LogP contribution < -0.4 is 15.0 Å². The number of phenols is 1.